The Bertz CT molecular complexity index is 3020. The molecule has 87 heavy (non-hydrogen) atoms. The second kappa shape index (κ2) is 34.3. The number of phenols is 2. The van der Waals surface area contributed by atoms with Crippen LogP contribution in [0.2, 0.25) is 5.02 Å². The first-order chi connectivity index (χ1) is 41.2. The van der Waals surface area contributed by atoms with E-state index >= 15 is 9.59 Å². The number of ketones is 3. The number of unbranched alkanes of at least 4 members (excludes halogenated alkanes) is 1. The number of carbonyl (C=O) groups is 10. The number of aliphatic hydroxyl groups is 1. The SMILES string of the molecule is CNCCCC[C@@H]1NC(=O)[C@@H](Cc2ccc(C(C)=O)cc2)NC(=O)[C@H](Cc2ccc(O)cc2)CC(=O)[C@H](NC(=O)[C@@H](CC(=O)CC(C)(C)C)Cc2ccc(Cl)cc2)CSSC[C@@H](C(=O)N[C@H](Cc2ccc(O)cc2)C(N)=O)NC(=O)[C@H]([C@@H](C)O)NC1=O. The minimum Gasteiger partial charge on any atom is -0.508 e. The van der Waals surface area contributed by atoms with Crippen LogP contribution in [-0.4, -0.2) is 141 Å². The van der Waals surface area contributed by atoms with Crippen molar-refractivity contribution in [1.29, 1.82) is 0 Å². The Kier molecular flexibility index (Phi) is 27.8. The van der Waals surface area contributed by atoms with Crippen LogP contribution in [0.25, 0.3) is 0 Å². The lowest BCUT2D eigenvalue weighted by Crippen LogP contribution is -2.62. The number of nitrogens with two attached hydrogens (primary N) is 1. The number of nitrogens with one attached hydrogen (secondary N) is 7. The van der Waals surface area contributed by atoms with Crippen LogP contribution in [0.4, 0.5) is 0 Å². The van der Waals surface area contributed by atoms with Crippen molar-refractivity contribution in [3.05, 3.63) is 130 Å². The summed E-state index contributed by atoms with van der Waals surface area (Å²) in [5.41, 5.74) is 7.94. The molecule has 5 rings (SSSR count). The second-order valence-electron chi connectivity index (χ2n) is 23.2. The smallest absolute Gasteiger partial charge is 0.245 e. The zero-order valence-corrected chi connectivity index (χ0v) is 52.2. The maximum Gasteiger partial charge on any atom is 0.245 e. The molecular formula is C63H81ClN8O13S2. The third-order valence-electron chi connectivity index (χ3n) is 14.4. The highest BCUT2D eigenvalue weighted by atomic mass is 35.5. The molecule has 1 aliphatic rings. The van der Waals surface area contributed by atoms with Gasteiger partial charge in [0.25, 0.3) is 0 Å². The van der Waals surface area contributed by atoms with Crippen LogP contribution >= 0.6 is 33.2 Å². The molecular weight excluding hydrogens is 1180 g/mol. The van der Waals surface area contributed by atoms with Gasteiger partial charge in [0.15, 0.2) is 11.6 Å². The van der Waals surface area contributed by atoms with Gasteiger partial charge >= 0.3 is 0 Å². The van der Waals surface area contributed by atoms with Crippen LogP contribution in [0.1, 0.15) is 106 Å². The monoisotopic (exact) mass is 1260 g/mol. The molecule has 4 aromatic rings. The molecule has 21 nitrogen and oxygen atoms in total. The van der Waals surface area contributed by atoms with Gasteiger partial charge in [0.05, 0.1) is 12.1 Å². The van der Waals surface area contributed by atoms with E-state index in [1.807, 2.05) is 20.8 Å². The third-order valence-corrected chi connectivity index (χ3v) is 17.1. The molecule has 0 bridgehead atoms. The minimum atomic E-state index is -1.75. The number of carbonyl (C=O) groups excluding carboxylic acids is 10. The predicted molar refractivity (Wildman–Crippen MR) is 334 cm³/mol. The molecule has 0 radical (unpaired) electrons. The number of Topliss-reactive ketones (excluding diaryl/α,β-unsaturated/α-hetero) is 3. The lowest BCUT2D eigenvalue weighted by molar-refractivity contribution is -0.137. The number of rotatable bonds is 23. The van der Waals surface area contributed by atoms with Gasteiger partial charge < -0.3 is 58.3 Å². The topological polar surface area (TPSA) is 342 Å². The van der Waals surface area contributed by atoms with Gasteiger partial charge in [0.1, 0.15) is 47.5 Å². The van der Waals surface area contributed by atoms with Crippen LogP contribution in [-0.2, 0) is 68.8 Å². The molecule has 0 unspecified atom stereocenters. The van der Waals surface area contributed by atoms with Crippen molar-refractivity contribution < 1.29 is 63.3 Å². The Morgan fingerprint density at radius 1 is 0.701 bits per heavy atom. The number of benzene rings is 4. The van der Waals surface area contributed by atoms with E-state index in [0.717, 1.165) is 21.6 Å². The van der Waals surface area contributed by atoms with E-state index in [4.69, 9.17) is 17.3 Å². The van der Waals surface area contributed by atoms with Crippen molar-refractivity contribution in [1.82, 2.24) is 37.2 Å². The summed E-state index contributed by atoms with van der Waals surface area (Å²) in [5.74, 6) is -10.0. The van der Waals surface area contributed by atoms with Gasteiger partial charge in [-0.25, -0.2) is 0 Å². The quantitative estimate of drug-likeness (QED) is 0.0279. The van der Waals surface area contributed by atoms with Gasteiger partial charge in [-0.15, -0.1) is 0 Å². The fourth-order valence-corrected chi connectivity index (χ4v) is 12.2. The van der Waals surface area contributed by atoms with Crippen molar-refractivity contribution in [3.63, 3.8) is 0 Å². The van der Waals surface area contributed by atoms with E-state index in [1.54, 1.807) is 67.7 Å². The molecule has 0 saturated carbocycles. The Hall–Kier alpha value is -7.31. The van der Waals surface area contributed by atoms with Crippen LogP contribution < -0.4 is 43.0 Å². The summed E-state index contributed by atoms with van der Waals surface area (Å²) in [6, 6.07) is 16.0. The van der Waals surface area contributed by atoms with Gasteiger partial charge in [0.2, 0.25) is 41.4 Å². The second-order valence-corrected chi connectivity index (χ2v) is 26.2. The normalized spacial score (nSPS) is 20.5. The maximum atomic E-state index is 15.2. The van der Waals surface area contributed by atoms with E-state index in [-0.39, 0.29) is 79.5 Å². The van der Waals surface area contributed by atoms with E-state index in [1.165, 1.54) is 50.2 Å². The fraction of sp³-hybridized carbons (Fsp3) is 0.460. The van der Waals surface area contributed by atoms with Crippen LogP contribution in [0.5, 0.6) is 11.5 Å². The Labute approximate surface area is 520 Å². The number of aromatic hydroxyl groups is 2. The Morgan fingerprint density at radius 3 is 1.84 bits per heavy atom. The molecule has 24 heteroatoms. The average Bonchev–Trinajstić information content (AvgIpc) is 2.63. The van der Waals surface area contributed by atoms with Gasteiger partial charge in [-0.05, 0) is 124 Å². The number of aliphatic hydroxyl groups excluding tert-OH is 1. The van der Waals surface area contributed by atoms with E-state index < -0.39 is 113 Å². The van der Waals surface area contributed by atoms with E-state index in [9.17, 15) is 53.7 Å². The largest absolute Gasteiger partial charge is 0.508 e. The number of halogens is 1. The highest BCUT2D eigenvalue weighted by Crippen LogP contribution is 2.28. The molecule has 1 fully saturated rings. The number of hydrogen-bond acceptors (Lipinski definition) is 16. The van der Waals surface area contributed by atoms with Crippen molar-refractivity contribution in [2.24, 2.45) is 23.0 Å². The molecule has 470 valence electrons. The van der Waals surface area contributed by atoms with Crippen LogP contribution in [0.15, 0.2) is 97.1 Å². The first-order valence-corrected chi connectivity index (χ1v) is 31.7. The Morgan fingerprint density at radius 2 is 1.25 bits per heavy atom. The summed E-state index contributed by atoms with van der Waals surface area (Å²) < 4.78 is 0. The molecule has 1 saturated heterocycles. The number of phenolic OH excluding ortho intramolecular Hbond substituents is 2. The molecule has 0 aromatic heterocycles. The van der Waals surface area contributed by atoms with Gasteiger partial charge in [-0.2, -0.15) is 0 Å². The van der Waals surface area contributed by atoms with Crippen LogP contribution in [0.3, 0.4) is 0 Å². The standard InChI is InChI=1S/C63H81ClN8O13S2/c1-36(73)42-18-10-40(11-19-42)30-51-60(83)67-49(9-7-8-26-66-6)59(82)72-55(37(2)74)62(85)71-53(61(84)68-50(56(65)79)29-41-16-24-47(76)25-17-41)35-87-86-34-52(54(78)32-44(58(81)69-51)28-39-14-22-46(75)23-15-39)70-57(80)43(31-48(77)33-63(3,4)5)27-38-12-20-45(64)21-13-38/h10-25,37,43-44,49-53,55,66,74-76H,7-9,26-35H2,1-6H3,(H2,65,79)(H,67,83)(H,68,84)(H,69,81)(H,70,80)(H,71,85)(H,72,82)/t37-,43-,44-,49+,50-,51-,52-,53+,55+/m1/s1. The zero-order valence-electron chi connectivity index (χ0n) is 49.8. The molecule has 0 aliphatic carbocycles. The van der Waals surface area contributed by atoms with Gasteiger partial charge in [0, 0.05) is 66.0 Å². The molecule has 7 amide bonds. The number of amides is 7. The summed E-state index contributed by atoms with van der Waals surface area (Å²) in [6.45, 7) is 8.84. The molecule has 1 aliphatic heterocycles. The van der Waals surface area contributed by atoms with Gasteiger partial charge in [-0.1, -0.05) is 115 Å². The summed E-state index contributed by atoms with van der Waals surface area (Å²) in [4.78, 5) is 142. The van der Waals surface area contributed by atoms with Gasteiger partial charge in [-0.3, -0.25) is 47.9 Å². The predicted octanol–water partition coefficient (Wildman–Crippen LogP) is 4.37. The van der Waals surface area contributed by atoms with E-state index in [0.29, 0.717) is 52.2 Å². The van der Waals surface area contributed by atoms with Crippen molar-refractivity contribution >= 4 is 91.9 Å². The lowest BCUT2D eigenvalue weighted by atomic mass is 9.85. The summed E-state index contributed by atoms with van der Waals surface area (Å²) >= 11 is 6.22. The highest BCUT2D eigenvalue weighted by molar-refractivity contribution is 8.76. The summed E-state index contributed by atoms with van der Waals surface area (Å²) in [5, 5.41) is 50.9. The molecule has 0 spiro atoms. The van der Waals surface area contributed by atoms with Crippen molar-refractivity contribution in [2.45, 2.75) is 141 Å². The number of primary amides is 1. The molecule has 9 atom stereocenters. The number of hydrogen-bond donors (Lipinski definition) is 11. The van der Waals surface area contributed by atoms with E-state index in [2.05, 4.69) is 37.2 Å². The van der Waals surface area contributed by atoms with Crippen LogP contribution in [0, 0.1) is 17.3 Å². The Balaban J connectivity index is 1.63. The molecule has 12 N–H and O–H groups in total. The first-order valence-electron chi connectivity index (χ1n) is 28.8. The average molecular weight is 1260 g/mol. The third kappa shape index (κ3) is 24.1. The highest BCUT2D eigenvalue weighted by Gasteiger charge is 2.37. The lowest BCUT2D eigenvalue weighted by Gasteiger charge is -2.29. The van der Waals surface area contributed by atoms with Crippen molar-refractivity contribution in [2.75, 3.05) is 25.1 Å². The minimum absolute atomic E-state index is 0.00615. The molecule has 1 heterocycles. The summed E-state index contributed by atoms with van der Waals surface area (Å²) in [6.07, 6.45) is -1.64. The van der Waals surface area contributed by atoms with Crippen molar-refractivity contribution in [3.8, 4) is 11.5 Å². The molecule has 4 aromatic carbocycles. The zero-order chi connectivity index (χ0) is 64.0. The maximum absolute atomic E-state index is 15.2. The first kappa shape index (κ1) is 70.5. The fourth-order valence-electron chi connectivity index (χ4n) is 9.67. The summed E-state index contributed by atoms with van der Waals surface area (Å²) in [7, 11) is 3.72.